The molecule has 1 saturated heterocycles. The Labute approximate surface area is 153 Å². The van der Waals surface area contributed by atoms with E-state index in [0.717, 1.165) is 39.0 Å². The first-order valence-corrected chi connectivity index (χ1v) is 9.80. The SMILES string of the molecule is CCOc1ccccc1C(=O)N(CCc1cccs1)C1CCOCC1. The van der Waals surface area contributed by atoms with E-state index in [-0.39, 0.29) is 11.9 Å². The number of rotatable bonds is 7. The molecule has 1 fully saturated rings. The van der Waals surface area contributed by atoms with Crippen molar-refractivity contribution in [1.82, 2.24) is 4.90 Å². The first kappa shape index (κ1) is 18.0. The normalized spacial score (nSPS) is 15.1. The lowest BCUT2D eigenvalue weighted by molar-refractivity contribution is 0.0292. The number of carbonyl (C=O) groups is 1. The average molecular weight is 359 g/mol. The topological polar surface area (TPSA) is 38.8 Å². The molecule has 25 heavy (non-hydrogen) atoms. The molecule has 1 aromatic heterocycles. The fourth-order valence-electron chi connectivity index (χ4n) is 3.21. The van der Waals surface area contributed by atoms with Crippen LogP contribution in [0.5, 0.6) is 5.75 Å². The predicted octanol–water partition coefficient (Wildman–Crippen LogP) is 4.01. The largest absolute Gasteiger partial charge is 0.493 e. The Morgan fingerprint density at radius 1 is 1.24 bits per heavy atom. The summed E-state index contributed by atoms with van der Waals surface area (Å²) >= 11 is 1.74. The van der Waals surface area contributed by atoms with Gasteiger partial charge in [-0.15, -0.1) is 11.3 Å². The van der Waals surface area contributed by atoms with Crippen LogP contribution in [0.15, 0.2) is 41.8 Å². The molecule has 0 atom stereocenters. The number of hydrogen-bond acceptors (Lipinski definition) is 4. The van der Waals surface area contributed by atoms with Crippen molar-refractivity contribution >= 4 is 17.2 Å². The maximum atomic E-state index is 13.3. The first-order valence-electron chi connectivity index (χ1n) is 8.92. The van der Waals surface area contributed by atoms with Crippen LogP contribution in [-0.2, 0) is 11.2 Å². The van der Waals surface area contributed by atoms with Crippen LogP contribution in [0.1, 0.15) is 35.0 Å². The van der Waals surface area contributed by atoms with E-state index >= 15 is 0 Å². The Bertz CT molecular complexity index is 665. The molecule has 5 heteroatoms. The van der Waals surface area contributed by atoms with Crippen molar-refractivity contribution in [3.63, 3.8) is 0 Å². The number of benzene rings is 1. The Balaban J connectivity index is 1.80. The van der Waals surface area contributed by atoms with E-state index in [1.165, 1.54) is 4.88 Å². The number of amides is 1. The smallest absolute Gasteiger partial charge is 0.257 e. The van der Waals surface area contributed by atoms with Crippen LogP contribution in [0.25, 0.3) is 0 Å². The number of hydrogen-bond donors (Lipinski definition) is 0. The lowest BCUT2D eigenvalue weighted by atomic mass is 10.0. The summed E-state index contributed by atoms with van der Waals surface area (Å²) in [6.07, 6.45) is 2.68. The molecule has 1 aliphatic rings. The predicted molar refractivity (Wildman–Crippen MR) is 101 cm³/mol. The van der Waals surface area contributed by atoms with Crippen LogP contribution in [-0.4, -0.2) is 43.2 Å². The maximum Gasteiger partial charge on any atom is 0.257 e. The molecular weight excluding hydrogens is 334 g/mol. The minimum atomic E-state index is 0.0625. The highest BCUT2D eigenvalue weighted by molar-refractivity contribution is 7.09. The van der Waals surface area contributed by atoms with E-state index in [4.69, 9.17) is 9.47 Å². The summed E-state index contributed by atoms with van der Waals surface area (Å²) in [5.41, 5.74) is 0.655. The van der Waals surface area contributed by atoms with Gasteiger partial charge in [-0.3, -0.25) is 4.79 Å². The van der Waals surface area contributed by atoms with Gasteiger partial charge in [0, 0.05) is 30.7 Å². The molecule has 0 aliphatic carbocycles. The monoisotopic (exact) mass is 359 g/mol. The fourth-order valence-corrected chi connectivity index (χ4v) is 3.91. The van der Waals surface area contributed by atoms with Crippen LogP contribution in [0.4, 0.5) is 0 Å². The van der Waals surface area contributed by atoms with Crippen molar-refractivity contribution in [2.24, 2.45) is 0 Å². The Morgan fingerprint density at radius 3 is 2.76 bits per heavy atom. The van der Waals surface area contributed by atoms with Crippen LogP contribution in [0.3, 0.4) is 0 Å². The van der Waals surface area contributed by atoms with Gasteiger partial charge < -0.3 is 14.4 Å². The van der Waals surface area contributed by atoms with E-state index in [1.807, 2.05) is 36.1 Å². The third-order valence-electron chi connectivity index (χ3n) is 4.49. The zero-order valence-electron chi connectivity index (χ0n) is 14.6. The lowest BCUT2D eigenvalue weighted by Crippen LogP contribution is -2.44. The number of nitrogens with zero attached hydrogens (tertiary/aromatic N) is 1. The van der Waals surface area contributed by atoms with Crippen molar-refractivity contribution in [2.45, 2.75) is 32.2 Å². The zero-order chi connectivity index (χ0) is 17.5. The molecule has 3 rings (SSSR count). The Hall–Kier alpha value is -1.85. The van der Waals surface area contributed by atoms with Crippen LogP contribution >= 0.6 is 11.3 Å². The third-order valence-corrected chi connectivity index (χ3v) is 5.43. The molecule has 2 heterocycles. The molecule has 0 N–H and O–H groups in total. The highest BCUT2D eigenvalue weighted by atomic mass is 32.1. The second-order valence-electron chi connectivity index (χ2n) is 6.10. The minimum absolute atomic E-state index is 0.0625. The quantitative estimate of drug-likeness (QED) is 0.750. The molecule has 4 nitrogen and oxygen atoms in total. The molecule has 1 aromatic carbocycles. The number of ether oxygens (including phenoxy) is 2. The minimum Gasteiger partial charge on any atom is -0.493 e. The molecule has 0 saturated carbocycles. The number of carbonyl (C=O) groups excluding carboxylic acids is 1. The summed E-state index contributed by atoms with van der Waals surface area (Å²) in [6.45, 7) is 4.66. The van der Waals surface area contributed by atoms with Gasteiger partial charge in [0.1, 0.15) is 5.75 Å². The van der Waals surface area contributed by atoms with E-state index in [9.17, 15) is 4.79 Å². The molecule has 0 radical (unpaired) electrons. The van der Waals surface area contributed by atoms with E-state index < -0.39 is 0 Å². The standard InChI is InChI=1S/C20H25NO3S/c1-2-24-19-8-4-3-7-18(19)20(22)21(16-10-13-23-14-11-16)12-9-17-6-5-15-25-17/h3-8,15-16H,2,9-14H2,1H3. The summed E-state index contributed by atoms with van der Waals surface area (Å²) in [5, 5.41) is 2.08. The summed E-state index contributed by atoms with van der Waals surface area (Å²) < 4.78 is 11.2. The highest BCUT2D eigenvalue weighted by Crippen LogP contribution is 2.24. The van der Waals surface area contributed by atoms with Crippen LogP contribution < -0.4 is 4.74 Å². The summed E-state index contributed by atoms with van der Waals surface area (Å²) in [4.78, 5) is 16.6. The van der Waals surface area contributed by atoms with Gasteiger partial charge in [-0.05, 0) is 49.8 Å². The summed E-state index contributed by atoms with van der Waals surface area (Å²) in [7, 11) is 0. The maximum absolute atomic E-state index is 13.3. The van der Waals surface area contributed by atoms with Crippen molar-refractivity contribution in [3.8, 4) is 5.75 Å². The summed E-state index contributed by atoms with van der Waals surface area (Å²) in [6, 6.07) is 12.0. The Kier molecular flexibility index (Phi) is 6.48. The van der Waals surface area contributed by atoms with E-state index in [0.29, 0.717) is 17.9 Å². The van der Waals surface area contributed by atoms with Crippen LogP contribution in [0, 0.1) is 0 Å². The first-order chi connectivity index (χ1) is 12.3. The molecule has 0 unspecified atom stereocenters. The lowest BCUT2D eigenvalue weighted by Gasteiger charge is -2.34. The van der Waals surface area contributed by atoms with Crippen molar-refractivity contribution < 1.29 is 14.3 Å². The fraction of sp³-hybridized carbons (Fsp3) is 0.450. The third kappa shape index (κ3) is 4.61. The molecule has 0 bridgehead atoms. The van der Waals surface area contributed by atoms with Crippen molar-refractivity contribution in [2.75, 3.05) is 26.4 Å². The van der Waals surface area contributed by atoms with Crippen LogP contribution in [0.2, 0.25) is 0 Å². The van der Waals surface area contributed by atoms with E-state index in [1.54, 1.807) is 11.3 Å². The second-order valence-corrected chi connectivity index (χ2v) is 7.13. The molecule has 2 aromatic rings. The molecular formula is C20H25NO3S. The van der Waals surface area contributed by atoms with Gasteiger partial charge in [0.05, 0.1) is 12.2 Å². The molecule has 134 valence electrons. The highest BCUT2D eigenvalue weighted by Gasteiger charge is 2.28. The van der Waals surface area contributed by atoms with Gasteiger partial charge in [-0.25, -0.2) is 0 Å². The number of para-hydroxylation sites is 1. The zero-order valence-corrected chi connectivity index (χ0v) is 15.5. The van der Waals surface area contributed by atoms with Gasteiger partial charge in [-0.2, -0.15) is 0 Å². The van der Waals surface area contributed by atoms with Gasteiger partial charge in [0.25, 0.3) is 5.91 Å². The van der Waals surface area contributed by atoms with Gasteiger partial charge in [0.15, 0.2) is 0 Å². The van der Waals surface area contributed by atoms with Crippen molar-refractivity contribution in [3.05, 3.63) is 52.2 Å². The van der Waals surface area contributed by atoms with Gasteiger partial charge >= 0.3 is 0 Å². The number of thiophene rings is 1. The second kappa shape index (κ2) is 9.02. The Morgan fingerprint density at radius 2 is 2.04 bits per heavy atom. The average Bonchev–Trinajstić information content (AvgIpc) is 3.17. The van der Waals surface area contributed by atoms with E-state index in [2.05, 4.69) is 17.5 Å². The molecule has 0 spiro atoms. The van der Waals surface area contributed by atoms with Gasteiger partial charge in [0.2, 0.25) is 0 Å². The summed E-state index contributed by atoms with van der Waals surface area (Å²) in [5.74, 6) is 0.732. The molecule has 1 amide bonds. The molecule has 1 aliphatic heterocycles. The van der Waals surface area contributed by atoms with Crippen molar-refractivity contribution in [1.29, 1.82) is 0 Å². The van der Waals surface area contributed by atoms with Gasteiger partial charge in [-0.1, -0.05) is 18.2 Å².